The number of ether oxygens (including phenoxy) is 4. The fourth-order valence-corrected chi connectivity index (χ4v) is 2.68. The van der Waals surface area contributed by atoms with Gasteiger partial charge in [-0.25, -0.2) is 14.0 Å². The predicted molar refractivity (Wildman–Crippen MR) is 96.6 cm³/mol. The highest BCUT2D eigenvalue weighted by Gasteiger charge is 2.25. The van der Waals surface area contributed by atoms with Crippen molar-refractivity contribution < 1.29 is 32.9 Å². The van der Waals surface area contributed by atoms with Crippen LogP contribution in [0.3, 0.4) is 0 Å². The lowest BCUT2D eigenvalue weighted by molar-refractivity contribution is -0.141. The highest BCUT2D eigenvalue weighted by atomic mass is 19.1. The zero-order chi connectivity index (χ0) is 19.9. The van der Waals surface area contributed by atoms with Crippen LogP contribution in [0.4, 0.5) is 4.39 Å². The van der Waals surface area contributed by atoms with Crippen molar-refractivity contribution in [2.45, 2.75) is 26.4 Å². The molecule has 1 heterocycles. The molecular weight excluding hydrogens is 367 g/mol. The summed E-state index contributed by atoms with van der Waals surface area (Å²) in [6, 6.07) is 11.9. The number of hydrogen-bond donors (Lipinski definition) is 0. The minimum atomic E-state index is -0.752. The third-order valence-corrected chi connectivity index (χ3v) is 3.91. The molecule has 2 aromatic carbocycles. The van der Waals surface area contributed by atoms with Crippen LogP contribution in [0.1, 0.15) is 29.9 Å². The van der Waals surface area contributed by atoms with Gasteiger partial charge in [-0.15, -0.1) is 0 Å². The first kappa shape index (κ1) is 19.6. The van der Waals surface area contributed by atoms with Crippen molar-refractivity contribution in [2.75, 3.05) is 6.61 Å². The summed E-state index contributed by atoms with van der Waals surface area (Å²) in [5.74, 6) is -1.47. The lowest BCUT2D eigenvalue weighted by atomic mass is 10.1. The highest BCUT2D eigenvalue weighted by molar-refractivity contribution is 5.91. The Kier molecular flexibility index (Phi) is 6.39. The summed E-state index contributed by atoms with van der Waals surface area (Å²) in [6.07, 6.45) is 1.29. The van der Waals surface area contributed by atoms with E-state index in [-0.39, 0.29) is 19.8 Å². The molecule has 1 atom stereocenters. The van der Waals surface area contributed by atoms with Crippen molar-refractivity contribution in [3.63, 3.8) is 0 Å². The topological polar surface area (TPSA) is 71.1 Å². The van der Waals surface area contributed by atoms with E-state index in [1.54, 1.807) is 6.92 Å². The minimum Gasteiger partial charge on any atom is -0.463 e. The lowest BCUT2D eigenvalue weighted by Crippen LogP contribution is -2.19. The maximum absolute atomic E-state index is 13.9. The highest BCUT2D eigenvalue weighted by Crippen LogP contribution is 2.36. The third-order valence-electron chi connectivity index (χ3n) is 3.91. The van der Waals surface area contributed by atoms with E-state index in [0.717, 1.165) is 17.7 Å². The number of benzene rings is 2. The van der Waals surface area contributed by atoms with Crippen LogP contribution < -0.4 is 4.74 Å². The second-order valence-corrected chi connectivity index (χ2v) is 5.92. The number of esters is 2. The van der Waals surface area contributed by atoms with Crippen LogP contribution in [0.5, 0.6) is 5.75 Å². The van der Waals surface area contributed by atoms with Gasteiger partial charge in [-0.3, -0.25) is 0 Å². The molecule has 0 unspecified atom stereocenters. The maximum Gasteiger partial charge on any atom is 0.331 e. The summed E-state index contributed by atoms with van der Waals surface area (Å²) >= 11 is 0. The van der Waals surface area contributed by atoms with E-state index in [4.69, 9.17) is 14.2 Å². The van der Waals surface area contributed by atoms with Crippen LogP contribution in [0.15, 0.2) is 54.6 Å². The van der Waals surface area contributed by atoms with Crippen molar-refractivity contribution >= 4 is 11.9 Å². The normalized spacial score (nSPS) is 15.6. The summed E-state index contributed by atoms with van der Waals surface area (Å²) in [5, 5.41) is 0. The Morgan fingerprint density at radius 1 is 1.14 bits per heavy atom. The Balaban J connectivity index is 1.71. The molecule has 0 spiro atoms. The van der Waals surface area contributed by atoms with E-state index >= 15 is 0 Å². The van der Waals surface area contributed by atoms with Crippen LogP contribution in [0, 0.1) is 5.82 Å². The molecule has 0 radical (unpaired) electrons. The molecule has 0 saturated heterocycles. The molecule has 0 saturated carbocycles. The number of carbonyl (C=O) groups excluding carboxylic acids is 2. The van der Waals surface area contributed by atoms with E-state index in [0.29, 0.717) is 16.9 Å². The van der Waals surface area contributed by atoms with Crippen molar-refractivity contribution in [3.8, 4) is 5.75 Å². The molecule has 7 heteroatoms. The Hall–Kier alpha value is -3.19. The first-order valence-corrected chi connectivity index (χ1v) is 8.73. The molecule has 0 N–H and O–H groups in total. The van der Waals surface area contributed by atoms with E-state index < -0.39 is 24.0 Å². The van der Waals surface area contributed by atoms with Crippen molar-refractivity contribution in [1.82, 2.24) is 0 Å². The second kappa shape index (κ2) is 9.14. The van der Waals surface area contributed by atoms with Gasteiger partial charge >= 0.3 is 11.9 Å². The van der Waals surface area contributed by atoms with E-state index in [2.05, 4.69) is 4.74 Å². The van der Waals surface area contributed by atoms with Gasteiger partial charge in [-0.2, -0.15) is 0 Å². The van der Waals surface area contributed by atoms with Gasteiger partial charge in [0, 0.05) is 28.8 Å². The van der Waals surface area contributed by atoms with Gasteiger partial charge in [0.05, 0.1) is 13.2 Å². The number of carbonyl (C=O) groups is 2. The molecular formula is C21H19FO6. The first-order chi connectivity index (χ1) is 13.6. The van der Waals surface area contributed by atoms with Crippen molar-refractivity contribution in [1.29, 1.82) is 0 Å². The standard InChI is InChI=1S/C21H19FO6/c1-2-25-18(23)8-9-19(24)26-12-15-10-17(22)11-16-13-27-21(28-20(15)16)14-6-4-3-5-7-14/h3-11,21H,2,12-13H2,1H3/b9-8+/t21-/m0/s1. The van der Waals surface area contributed by atoms with Gasteiger partial charge in [0.1, 0.15) is 18.2 Å². The van der Waals surface area contributed by atoms with Crippen molar-refractivity contribution in [2.24, 2.45) is 0 Å². The molecule has 3 rings (SSSR count). The predicted octanol–water partition coefficient (Wildman–Crippen LogP) is 3.60. The molecule has 0 aliphatic carbocycles. The summed E-state index contributed by atoms with van der Waals surface area (Å²) in [7, 11) is 0. The SMILES string of the molecule is CCOC(=O)/C=C/C(=O)OCc1cc(F)cc2c1O[C@@H](c1ccccc1)OC2. The molecule has 0 bridgehead atoms. The molecule has 2 aromatic rings. The third kappa shape index (κ3) is 4.95. The van der Waals surface area contributed by atoms with Crippen molar-refractivity contribution in [3.05, 3.63) is 77.1 Å². The number of fused-ring (bicyclic) bond motifs is 1. The molecule has 0 amide bonds. The van der Waals surface area contributed by atoms with Gasteiger partial charge in [0.15, 0.2) is 0 Å². The number of hydrogen-bond acceptors (Lipinski definition) is 6. The maximum atomic E-state index is 13.9. The molecule has 6 nitrogen and oxygen atoms in total. The zero-order valence-electron chi connectivity index (χ0n) is 15.2. The van der Waals surface area contributed by atoms with Gasteiger partial charge in [-0.05, 0) is 19.1 Å². The van der Waals surface area contributed by atoms with Crippen LogP contribution in [-0.2, 0) is 37.0 Å². The number of halogens is 1. The smallest absolute Gasteiger partial charge is 0.331 e. The van der Waals surface area contributed by atoms with E-state index in [9.17, 15) is 14.0 Å². The van der Waals surface area contributed by atoms with Crippen LogP contribution in [0.25, 0.3) is 0 Å². The largest absolute Gasteiger partial charge is 0.463 e. The Morgan fingerprint density at radius 3 is 2.57 bits per heavy atom. The van der Waals surface area contributed by atoms with Gasteiger partial charge in [-0.1, -0.05) is 30.3 Å². The number of rotatable bonds is 6. The Morgan fingerprint density at radius 2 is 1.86 bits per heavy atom. The van der Waals surface area contributed by atoms with E-state index in [1.807, 2.05) is 30.3 Å². The summed E-state index contributed by atoms with van der Waals surface area (Å²) in [6.45, 7) is 1.81. The van der Waals surface area contributed by atoms with Crippen LogP contribution >= 0.6 is 0 Å². The summed E-state index contributed by atoms with van der Waals surface area (Å²) < 4.78 is 35.2. The average molecular weight is 386 g/mol. The fourth-order valence-electron chi connectivity index (χ4n) is 2.68. The molecule has 146 valence electrons. The van der Waals surface area contributed by atoms with E-state index in [1.165, 1.54) is 12.1 Å². The quantitative estimate of drug-likeness (QED) is 0.558. The molecule has 0 aromatic heterocycles. The summed E-state index contributed by atoms with van der Waals surface area (Å²) in [4.78, 5) is 23.0. The van der Waals surface area contributed by atoms with Gasteiger partial charge < -0.3 is 18.9 Å². The zero-order valence-corrected chi connectivity index (χ0v) is 15.2. The fraction of sp³-hybridized carbons (Fsp3) is 0.238. The van der Waals surface area contributed by atoms with Gasteiger partial charge in [0.25, 0.3) is 0 Å². The molecule has 28 heavy (non-hydrogen) atoms. The molecule has 1 aliphatic heterocycles. The average Bonchev–Trinajstić information content (AvgIpc) is 2.71. The summed E-state index contributed by atoms with van der Waals surface area (Å²) in [5.41, 5.74) is 1.72. The first-order valence-electron chi connectivity index (χ1n) is 8.73. The lowest BCUT2D eigenvalue weighted by Gasteiger charge is -2.28. The molecule has 1 aliphatic rings. The van der Waals surface area contributed by atoms with Gasteiger partial charge in [0.2, 0.25) is 6.29 Å². The minimum absolute atomic E-state index is 0.163. The monoisotopic (exact) mass is 386 g/mol. The second-order valence-electron chi connectivity index (χ2n) is 5.92. The molecule has 0 fully saturated rings. The van der Waals surface area contributed by atoms with Crippen LogP contribution in [-0.4, -0.2) is 18.5 Å². The van der Waals surface area contributed by atoms with Crippen LogP contribution in [0.2, 0.25) is 0 Å². The Labute approximate surface area is 161 Å². The Bertz CT molecular complexity index is 878.